The normalized spacial score (nSPS) is 23.6. The highest BCUT2D eigenvalue weighted by Crippen LogP contribution is 2.13. The molecule has 0 amide bonds. The molecule has 6 heteroatoms. The number of aromatic nitrogens is 1. The van der Waals surface area contributed by atoms with E-state index in [0.29, 0.717) is 24.5 Å². The largest absolute Gasteiger partial charge is 0.385 e. The van der Waals surface area contributed by atoms with E-state index in [1.54, 1.807) is 12.3 Å². The van der Waals surface area contributed by atoms with Crippen molar-refractivity contribution in [3.05, 3.63) is 42.0 Å². The Morgan fingerprint density at radius 3 is 2.76 bits per heavy atom. The Morgan fingerprint density at radius 2 is 2.12 bits per heavy atom. The molecule has 0 fully saturated rings. The van der Waals surface area contributed by atoms with Crippen molar-refractivity contribution in [1.82, 2.24) is 10.3 Å². The molecule has 0 saturated carbocycles. The predicted molar refractivity (Wildman–Crippen MR) is 66.5 cm³/mol. The Labute approximate surface area is 99.6 Å². The molecule has 1 unspecified atom stereocenters. The van der Waals surface area contributed by atoms with Crippen molar-refractivity contribution < 1.29 is 0 Å². The van der Waals surface area contributed by atoms with Crippen LogP contribution < -0.4 is 22.5 Å². The minimum Gasteiger partial charge on any atom is -0.385 e. The molecule has 1 aliphatic heterocycles. The molecule has 0 bridgehead atoms. The number of amidine groups is 1. The molecule has 6 nitrogen and oxygen atoms in total. The number of pyridine rings is 1. The van der Waals surface area contributed by atoms with Gasteiger partial charge < -0.3 is 16.8 Å². The van der Waals surface area contributed by atoms with Gasteiger partial charge in [0.2, 0.25) is 0 Å². The second-order valence-electron chi connectivity index (χ2n) is 4.01. The van der Waals surface area contributed by atoms with E-state index in [2.05, 4.69) is 15.3 Å². The molecule has 90 valence electrons. The fourth-order valence-corrected chi connectivity index (χ4v) is 1.72. The third-order valence-corrected chi connectivity index (χ3v) is 2.48. The predicted octanol–water partition coefficient (Wildman–Crippen LogP) is -0.613. The summed E-state index contributed by atoms with van der Waals surface area (Å²) in [5, 5.41) is 2.91. The van der Waals surface area contributed by atoms with E-state index in [4.69, 9.17) is 17.2 Å². The van der Waals surface area contributed by atoms with E-state index >= 15 is 0 Å². The van der Waals surface area contributed by atoms with Crippen LogP contribution in [0.1, 0.15) is 12.1 Å². The maximum atomic E-state index is 6.06. The molecular weight excluding hydrogens is 216 g/mol. The van der Waals surface area contributed by atoms with E-state index in [0.717, 1.165) is 5.69 Å². The van der Waals surface area contributed by atoms with Crippen LogP contribution in [0.5, 0.6) is 0 Å². The van der Waals surface area contributed by atoms with Crippen LogP contribution in [-0.4, -0.2) is 16.6 Å². The lowest BCUT2D eigenvalue weighted by Gasteiger charge is -2.30. The molecule has 0 aromatic carbocycles. The highest BCUT2D eigenvalue weighted by molar-refractivity contribution is 5.92. The first-order chi connectivity index (χ1) is 8.07. The standard InChI is InChI=1S/C11H16N6/c12-9-7-10(13)17-11(14,16-9)5-4-8-3-1-2-6-15-8/h1-3,6-7,16H,4-5,12,14H2,(H2,13,17). The van der Waals surface area contributed by atoms with E-state index < -0.39 is 5.79 Å². The number of aliphatic imine (C=N–C) groups is 1. The summed E-state index contributed by atoms with van der Waals surface area (Å²) in [7, 11) is 0. The summed E-state index contributed by atoms with van der Waals surface area (Å²) in [6.07, 6.45) is 4.57. The lowest BCUT2D eigenvalue weighted by atomic mass is 10.1. The van der Waals surface area contributed by atoms with Crippen LogP contribution in [0.4, 0.5) is 0 Å². The molecule has 0 radical (unpaired) electrons. The Bertz CT molecular complexity index is 452. The minimum atomic E-state index is -0.944. The van der Waals surface area contributed by atoms with E-state index in [1.165, 1.54) is 0 Å². The van der Waals surface area contributed by atoms with Crippen molar-refractivity contribution in [2.45, 2.75) is 18.6 Å². The van der Waals surface area contributed by atoms with Crippen molar-refractivity contribution in [3.8, 4) is 0 Å². The first-order valence-corrected chi connectivity index (χ1v) is 5.37. The van der Waals surface area contributed by atoms with Gasteiger partial charge in [-0.1, -0.05) is 6.07 Å². The smallest absolute Gasteiger partial charge is 0.185 e. The summed E-state index contributed by atoms with van der Waals surface area (Å²) in [6, 6.07) is 5.75. The highest BCUT2D eigenvalue weighted by atomic mass is 15.3. The van der Waals surface area contributed by atoms with Crippen LogP contribution in [0.2, 0.25) is 0 Å². The van der Waals surface area contributed by atoms with E-state index in [1.807, 2.05) is 18.2 Å². The molecule has 0 spiro atoms. The number of nitrogens with two attached hydrogens (primary N) is 3. The number of aryl methyl sites for hydroxylation is 1. The molecule has 2 rings (SSSR count). The second-order valence-corrected chi connectivity index (χ2v) is 4.01. The van der Waals surface area contributed by atoms with Crippen LogP contribution >= 0.6 is 0 Å². The van der Waals surface area contributed by atoms with Crippen molar-refractivity contribution in [1.29, 1.82) is 0 Å². The molecule has 0 aliphatic carbocycles. The third-order valence-electron chi connectivity index (χ3n) is 2.48. The SMILES string of the molecule is NC1=CC(N)=NC(N)(CCc2ccccn2)N1. The maximum absolute atomic E-state index is 6.06. The van der Waals surface area contributed by atoms with Gasteiger partial charge in [0.05, 0.1) is 0 Å². The molecular formula is C11H16N6. The van der Waals surface area contributed by atoms with Crippen molar-refractivity contribution in [2.75, 3.05) is 0 Å². The number of hydrogen-bond acceptors (Lipinski definition) is 6. The zero-order valence-corrected chi connectivity index (χ0v) is 9.43. The number of nitrogens with one attached hydrogen (secondary N) is 1. The molecule has 0 saturated heterocycles. The molecule has 17 heavy (non-hydrogen) atoms. The van der Waals surface area contributed by atoms with Crippen LogP contribution in [0.15, 0.2) is 41.3 Å². The first-order valence-electron chi connectivity index (χ1n) is 5.37. The van der Waals surface area contributed by atoms with Crippen LogP contribution in [0.25, 0.3) is 0 Å². The van der Waals surface area contributed by atoms with Gasteiger partial charge >= 0.3 is 0 Å². The van der Waals surface area contributed by atoms with Gasteiger partial charge in [0.25, 0.3) is 0 Å². The summed E-state index contributed by atoms with van der Waals surface area (Å²) < 4.78 is 0. The lowest BCUT2D eigenvalue weighted by molar-refractivity contribution is 0.349. The molecule has 1 aliphatic rings. The zero-order valence-electron chi connectivity index (χ0n) is 9.43. The van der Waals surface area contributed by atoms with Crippen molar-refractivity contribution in [3.63, 3.8) is 0 Å². The Balaban J connectivity index is 2.02. The minimum absolute atomic E-state index is 0.338. The number of hydrogen-bond donors (Lipinski definition) is 4. The van der Waals surface area contributed by atoms with E-state index in [-0.39, 0.29) is 0 Å². The van der Waals surface area contributed by atoms with Gasteiger partial charge in [-0.2, -0.15) is 0 Å². The third kappa shape index (κ3) is 2.94. The number of rotatable bonds is 3. The molecule has 2 heterocycles. The summed E-state index contributed by atoms with van der Waals surface area (Å²) in [5.74, 6) is -0.175. The van der Waals surface area contributed by atoms with Crippen molar-refractivity contribution in [2.24, 2.45) is 22.2 Å². The van der Waals surface area contributed by atoms with Crippen LogP contribution in [0, 0.1) is 0 Å². The summed E-state index contributed by atoms with van der Waals surface area (Å²) >= 11 is 0. The Kier molecular flexibility index (Phi) is 2.97. The van der Waals surface area contributed by atoms with Crippen LogP contribution in [-0.2, 0) is 6.42 Å². The van der Waals surface area contributed by atoms with Gasteiger partial charge in [0.15, 0.2) is 5.79 Å². The quantitative estimate of drug-likeness (QED) is 0.554. The van der Waals surface area contributed by atoms with Gasteiger partial charge in [-0.05, 0) is 18.6 Å². The summed E-state index contributed by atoms with van der Waals surface area (Å²) in [5.41, 5.74) is 18.3. The molecule has 1 aromatic heterocycles. The molecule has 1 atom stereocenters. The zero-order chi connectivity index (χ0) is 12.3. The van der Waals surface area contributed by atoms with Gasteiger partial charge in [-0.15, -0.1) is 0 Å². The number of nitrogens with zero attached hydrogens (tertiary/aromatic N) is 2. The first kappa shape index (κ1) is 11.4. The maximum Gasteiger partial charge on any atom is 0.185 e. The van der Waals surface area contributed by atoms with Gasteiger partial charge in [0.1, 0.15) is 11.7 Å². The summed E-state index contributed by atoms with van der Waals surface area (Å²) in [6.45, 7) is 0. The average Bonchev–Trinajstić information content (AvgIpc) is 2.26. The van der Waals surface area contributed by atoms with Gasteiger partial charge in [-0.3, -0.25) is 10.7 Å². The molecule has 1 aromatic rings. The van der Waals surface area contributed by atoms with Gasteiger partial charge in [0, 0.05) is 24.4 Å². The monoisotopic (exact) mass is 232 g/mol. The lowest BCUT2D eigenvalue weighted by Crippen LogP contribution is -2.56. The highest BCUT2D eigenvalue weighted by Gasteiger charge is 2.26. The van der Waals surface area contributed by atoms with E-state index in [9.17, 15) is 0 Å². The van der Waals surface area contributed by atoms with Gasteiger partial charge in [-0.25, -0.2) is 4.99 Å². The summed E-state index contributed by atoms with van der Waals surface area (Å²) in [4.78, 5) is 8.38. The average molecular weight is 232 g/mol. The fraction of sp³-hybridized carbons (Fsp3) is 0.273. The van der Waals surface area contributed by atoms with Crippen molar-refractivity contribution >= 4 is 5.84 Å². The Hall–Kier alpha value is -2.08. The second kappa shape index (κ2) is 4.42. The molecule has 7 N–H and O–H groups in total. The van der Waals surface area contributed by atoms with Crippen LogP contribution in [0.3, 0.4) is 0 Å². The Morgan fingerprint density at radius 1 is 1.29 bits per heavy atom. The topological polar surface area (TPSA) is 115 Å². The fourth-order valence-electron chi connectivity index (χ4n) is 1.72.